The lowest BCUT2D eigenvalue weighted by atomic mass is 10.0. The Kier molecular flexibility index (Phi) is 6.19. The number of hydrogen-bond donors (Lipinski definition) is 2. The Morgan fingerprint density at radius 3 is 2.94 bits per heavy atom. The van der Waals surface area contributed by atoms with Gasteiger partial charge in [0.05, 0.1) is 6.61 Å². The SMILES string of the molecule is Cl.NC(=O)C1CN(C[C@@H]2CCCCN2)CCO1. The third-order valence-electron chi connectivity index (χ3n) is 3.36. The number of halogens is 1. The molecule has 3 N–H and O–H groups in total. The largest absolute Gasteiger partial charge is 0.367 e. The Labute approximate surface area is 108 Å². The van der Waals surface area contributed by atoms with Crippen LogP contribution in [0.1, 0.15) is 19.3 Å². The summed E-state index contributed by atoms with van der Waals surface area (Å²) in [5.41, 5.74) is 5.26. The summed E-state index contributed by atoms with van der Waals surface area (Å²) in [6.45, 7) is 4.29. The summed E-state index contributed by atoms with van der Waals surface area (Å²) in [4.78, 5) is 13.3. The van der Waals surface area contributed by atoms with E-state index < -0.39 is 6.10 Å². The fourth-order valence-corrected chi connectivity index (χ4v) is 2.43. The highest BCUT2D eigenvalue weighted by atomic mass is 35.5. The number of carbonyl (C=O) groups is 1. The van der Waals surface area contributed by atoms with E-state index in [2.05, 4.69) is 10.2 Å². The van der Waals surface area contributed by atoms with Crippen molar-refractivity contribution < 1.29 is 9.53 Å². The molecule has 17 heavy (non-hydrogen) atoms. The molecule has 6 heteroatoms. The number of nitrogens with one attached hydrogen (secondary N) is 1. The Bertz CT molecular complexity index is 247. The molecule has 0 saturated carbocycles. The fourth-order valence-electron chi connectivity index (χ4n) is 2.43. The van der Waals surface area contributed by atoms with Gasteiger partial charge in [-0.05, 0) is 19.4 Å². The van der Waals surface area contributed by atoms with Crippen LogP contribution in [0.15, 0.2) is 0 Å². The van der Waals surface area contributed by atoms with Gasteiger partial charge in [-0.1, -0.05) is 6.42 Å². The molecular weight excluding hydrogens is 242 g/mol. The molecule has 5 nitrogen and oxygen atoms in total. The highest BCUT2D eigenvalue weighted by Crippen LogP contribution is 2.11. The van der Waals surface area contributed by atoms with Crippen LogP contribution in [-0.4, -0.2) is 55.7 Å². The first-order valence-corrected chi connectivity index (χ1v) is 6.12. The molecule has 0 bridgehead atoms. The molecule has 2 saturated heterocycles. The molecule has 1 amide bonds. The van der Waals surface area contributed by atoms with E-state index in [9.17, 15) is 4.79 Å². The maximum absolute atomic E-state index is 11.0. The number of amides is 1. The van der Waals surface area contributed by atoms with Crippen molar-refractivity contribution in [2.75, 3.05) is 32.8 Å². The summed E-state index contributed by atoms with van der Waals surface area (Å²) < 4.78 is 5.32. The van der Waals surface area contributed by atoms with Crippen LogP contribution in [0.4, 0.5) is 0 Å². The van der Waals surface area contributed by atoms with Gasteiger partial charge in [0.1, 0.15) is 6.10 Å². The van der Waals surface area contributed by atoms with Gasteiger partial charge >= 0.3 is 0 Å². The van der Waals surface area contributed by atoms with Crippen LogP contribution in [0.2, 0.25) is 0 Å². The molecule has 0 aromatic heterocycles. The fraction of sp³-hybridized carbons (Fsp3) is 0.909. The first-order valence-electron chi connectivity index (χ1n) is 6.12. The number of hydrogen-bond acceptors (Lipinski definition) is 4. The van der Waals surface area contributed by atoms with Gasteiger partial charge in [-0.3, -0.25) is 9.69 Å². The van der Waals surface area contributed by atoms with Crippen molar-refractivity contribution in [2.24, 2.45) is 5.73 Å². The normalized spacial score (nSPS) is 30.6. The van der Waals surface area contributed by atoms with Gasteiger partial charge in [-0.15, -0.1) is 12.4 Å². The molecule has 1 unspecified atom stereocenters. The number of nitrogens with zero attached hydrogens (tertiary/aromatic N) is 1. The number of piperidine rings is 1. The molecular formula is C11H22ClN3O2. The number of rotatable bonds is 3. The van der Waals surface area contributed by atoms with Crippen molar-refractivity contribution in [1.82, 2.24) is 10.2 Å². The van der Waals surface area contributed by atoms with Crippen LogP contribution < -0.4 is 11.1 Å². The van der Waals surface area contributed by atoms with E-state index in [1.54, 1.807) is 0 Å². The molecule has 2 atom stereocenters. The molecule has 2 fully saturated rings. The van der Waals surface area contributed by atoms with Crippen LogP contribution in [0.25, 0.3) is 0 Å². The van der Waals surface area contributed by atoms with Crippen LogP contribution >= 0.6 is 12.4 Å². The van der Waals surface area contributed by atoms with Crippen LogP contribution in [0.5, 0.6) is 0 Å². The second kappa shape index (κ2) is 7.16. The number of carbonyl (C=O) groups excluding carboxylic acids is 1. The molecule has 2 aliphatic heterocycles. The van der Waals surface area contributed by atoms with Crippen molar-refractivity contribution in [1.29, 1.82) is 0 Å². The minimum Gasteiger partial charge on any atom is -0.367 e. The molecule has 0 aliphatic carbocycles. The minimum absolute atomic E-state index is 0. The van der Waals surface area contributed by atoms with E-state index in [0.717, 1.165) is 19.6 Å². The van der Waals surface area contributed by atoms with E-state index in [-0.39, 0.29) is 18.3 Å². The first-order chi connectivity index (χ1) is 7.75. The third kappa shape index (κ3) is 4.43. The van der Waals surface area contributed by atoms with E-state index in [0.29, 0.717) is 19.2 Å². The highest BCUT2D eigenvalue weighted by Gasteiger charge is 2.26. The van der Waals surface area contributed by atoms with Gasteiger partial charge < -0.3 is 15.8 Å². The zero-order chi connectivity index (χ0) is 11.4. The summed E-state index contributed by atoms with van der Waals surface area (Å²) in [5, 5.41) is 3.51. The smallest absolute Gasteiger partial charge is 0.247 e. The quantitative estimate of drug-likeness (QED) is 0.736. The van der Waals surface area contributed by atoms with Crippen molar-refractivity contribution in [3.05, 3.63) is 0 Å². The molecule has 100 valence electrons. The summed E-state index contributed by atoms with van der Waals surface area (Å²) in [7, 11) is 0. The van der Waals surface area contributed by atoms with Crippen molar-refractivity contribution in [3.8, 4) is 0 Å². The van der Waals surface area contributed by atoms with Gasteiger partial charge in [0.15, 0.2) is 0 Å². The summed E-state index contributed by atoms with van der Waals surface area (Å²) >= 11 is 0. The van der Waals surface area contributed by atoms with Gasteiger partial charge in [-0.2, -0.15) is 0 Å². The lowest BCUT2D eigenvalue weighted by molar-refractivity contribution is -0.135. The Morgan fingerprint density at radius 2 is 2.29 bits per heavy atom. The van der Waals surface area contributed by atoms with Crippen LogP contribution in [-0.2, 0) is 9.53 Å². The highest BCUT2D eigenvalue weighted by molar-refractivity contribution is 5.85. The second-order valence-corrected chi connectivity index (χ2v) is 4.67. The predicted octanol–water partition coefficient (Wildman–Crippen LogP) is -0.264. The summed E-state index contributed by atoms with van der Waals surface area (Å²) in [6.07, 6.45) is 3.40. The average molecular weight is 264 g/mol. The monoisotopic (exact) mass is 263 g/mol. The molecule has 0 aromatic rings. The molecule has 2 aliphatic rings. The Hall–Kier alpha value is -0.360. The minimum atomic E-state index is -0.419. The number of nitrogens with two attached hydrogens (primary N) is 1. The molecule has 0 aromatic carbocycles. The van der Waals surface area contributed by atoms with Gasteiger partial charge in [0.2, 0.25) is 5.91 Å². The average Bonchev–Trinajstić information content (AvgIpc) is 2.30. The third-order valence-corrected chi connectivity index (χ3v) is 3.36. The van der Waals surface area contributed by atoms with E-state index in [1.165, 1.54) is 19.3 Å². The molecule has 0 spiro atoms. The standard InChI is InChI=1S/C11H21N3O2.ClH/c12-11(15)10-8-14(5-6-16-10)7-9-3-1-2-4-13-9;/h9-10,13H,1-8H2,(H2,12,15);1H/t9-,10?;/m0./s1. The maximum Gasteiger partial charge on any atom is 0.247 e. The molecule has 0 radical (unpaired) electrons. The number of ether oxygens (including phenoxy) is 1. The molecule has 2 heterocycles. The second-order valence-electron chi connectivity index (χ2n) is 4.67. The van der Waals surface area contributed by atoms with Gasteiger partial charge in [-0.25, -0.2) is 0 Å². The van der Waals surface area contributed by atoms with E-state index >= 15 is 0 Å². The maximum atomic E-state index is 11.0. The first kappa shape index (κ1) is 14.7. The topological polar surface area (TPSA) is 67.6 Å². The number of morpholine rings is 1. The van der Waals surface area contributed by atoms with Crippen molar-refractivity contribution in [3.63, 3.8) is 0 Å². The number of primary amides is 1. The lowest BCUT2D eigenvalue weighted by Crippen LogP contribution is -2.52. The van der Waals surface area contributed by atoms with E-state index in [1.807, 2.05) is 0 Å². The summed E-state index contributed by atoms with van der Waals surface area (Å²) in [6, 6.07) is 0.570. The predicted molar refractivity (Wildman–Crippen MR) is 68.3 cm³/mol. The zero-order valence-electron chi connectivity index (χ0n) is 10.1. The van der Waals surface area contributed by atoms with Crippen LogP contribution in [0, 0.1) is 0 Å². The van der Waals surface area contributed by atoms with Crippen molar-refractivity contribution in [2.45, 2.75) is 31.4 Å². The van der Waals surface area contributed by atoms with Crippen molar-refractivity contribution >= 4 is 18.3 Å². The Balaban J connectivity index is 0.00000144. The van der Waals surface area contributed by atoms with Gasteiger partial charge in [0.25, 0.3) is 0 Å². The summed E-state index contributed by atoms with van der Waals surface area (Å²) in [5.74, 6) is -0.346. The zero-order valence-corrected chi connectivity index (χ0v) is 10.9. The lowest BCUT2D eigenvalue weighted by Gasteiger charge is -2.35. The van der Waals surface area contributed by atoms with Crippen LogP contribution in [0.3, 0.4) is 0 Å². The molecule has 2 rings (SSSR count). The Morgan fingerprint density at radius 1 is 1.47 bits per heavy atom. The van der Waals surface area contributed by atoms with Gasteiger partial charge in [0, 0.05) is 25.7 Å². The van der Waals surface area contributed by atoms with E-state index in [4.69, 9.17) is 10.5 Å².